The van der Waals surface area contributed by atoms with Crippen LogP contribution in [0.25, 0.3) is 11.3 Å². The topological polar surface area (TPSA) is 91.9 Å². The van der Waals surface area contributed by atoms with Crippen molar-refractivity contribution >= 4 is 15.7 Å². The molecule has 2 aromatic rings. The number of benzene rings is 1. The van der Waals surface area contributed by atoms with Crippen LogP contribution in [0, 0.1) is 0 Å². The van der Waals surface area contributed by atoms with E-state index < -0.39 is 9.84 Å². The van der Waals surface area contributed by atoms with Gasteiger partial charge in [-0.15, -0.1) is 0 Å². The Balaban J connectivity index is 1.46. The molecule has 0 spiro atoms. The molecule has 7 heteroatoms. The van der Waals surface area contributed by atoms with Gasteiger partial charge in [-0.2, -0.15) is 5.10 Å². The fourth-order valence-electron chi connectivity index (χ4n) is 3.16. The molecule has 134 valence electrons. The molecule has 25 heavy (non-hydrogen) atoms. The van der Waals surface area contributed by atoms with Crippen molar-refractivity contribution in [2.24, 2.45) is 0 Å². The van der Waals surface area contributed by atoms with Gasteiger partial charge in [0.15, 0.2) is 9.84 Å². The van der Waals surface area contributed by atoms with Crippen molar-refractivity contribution < 1.29 is 13.2 Å². The van der Waals surface area contributed by atoms with Gasteiger partial charge in [-0.25, -0.2) is 8.42 Å². The fourth-order valence-corrected chi connectivity index (χ4v) is 5.01. The Hall–Kier alpha value is -2.15. The molecule has 1 saturated carbocycles. The number of rotatable bonds is 7. The molecule has 0 aliphatic heterocycles. The molecule has 0 saturated heterocycles. The van der Waals surface area contributed by atoms with Gasteiger partial charge in [0.25, 0.3) is 0 Å². The molecule has 1 amide bonds. The summed E-state index contributed by atoms with van der Waals surface area (Å²) in [5.74, 6) is -0.276. The highest BCUT2D eigenvalue weighted by molar-refractivity contribution is 7.92. The Morgan fingerprint density at radius 2 is 1.88 bits per heavy atom. The van der Waals surface area contributed by atoms with E-state index in [-0.39, 0.29) is 23.3 Å². The van der Waals surface area contributed by atoms with Gasteiger partial charge in [0, 0.05) is 19.2 Å². The lowest BCUT2D eigenvalue weighted by atomic mass is 10.1. The molecule has 1 aromatic carbocycles. The highest BCUT2D eigenvalue weighted by atomic mass is 32.2. The van der Waals surface area contributed by atoms with Crippen molar-refractivity contribution in [3.8, 4) is 11.3 Å². The maximum Gasteiger partial charge on any atom is 0.221 e. The highest BCUT2D eigenvalue weighted by Gasteiger charge is 2.28. The summed E-state index contributed by atoms with van der Waals surface area (Å²) in [4.78, 5) is 11.9. The number of aromatic nitrogens is 2. The number of carbonyl (C=O) groups is 1. The molecule has 6 nitrogen and oxygen atoms in total. The molecular weight excluding hydrogens is 338 g/mol. The Bertz CT molecular complexity index is 793. The molecule has 1 aliphatic rings. The molecule has 0 atom stereocenters. The van der Waals surface area contributed by atoms with Gasteiger partial charge in [0.1, 0.15) is 0 Å². The molecule has 0 radical (unpaired) electrons. The third-order valence-electron chi connectivity index (χ3n) is 4.68. The number of nitrogens with zero attached hydrogens (tertiary/aromatic N) is 1. The van der Waals surface area contributed by atoms with Gasteiger partial charge < -0.3 is 5.32 Å². The number of nitrogens with one attached hydrogen (secondary N) is 2. The zero-order chi connectivity index (χ0) is 17.7. The first kappa shape index (κ1) is 17.7. The van der Waals surface area contributed by atoms with Crippen LogP contribution in [0.4, 0.5) is 0 Å². The SMILES string of the molecule is O=C(CCS(=O)(=O)C1CCCC1)NCc1ccc(-c2ccn[nH]2)cc1. The van der Waals surface area contributed by atoms with E-state index >= 15 is 0 Å². The van der Waals surface area contributed by atoms with Gasteiger partial charge in [-0.05, 0) is 30.0 Å². The summed E-state index contributed by atoms with van der Waals surface area (Å²) >= 11 is 0. The minimum atomic E-state index is -3.14. The van der Waals surface area contributed by atoms with E-state index in [9.17, 15) is 13.2 Å². The van der Waals surface area contributed by atoms with Crippen LogP contribution < -0.4 is 5.32 Å². The first-order valence-electron chi connectivity index (χ1n) is 8.61. The van der Waals surface area contributed by atoms with Gasteiger partial charge in [0.2, 0.25) is 5.91 Å². The fraction of sp³-hybridized carbons (Fsp3) is 0.444. The normalized spacial score (nSPS) is 15.4. The zero-order valence-corrected chi connectivity index (χ0v) is 14.9. The molecule has 0 bridgehead atoms. The quantitative estimate of drug-likeness (QED) is 0.792. The summed E-state index contributed by atoms with van der Waals surface area (Å²) in [5, 5.41) is 9.37. The minimum Gasteiger partial charge on any atom is -0.352 e. The van der Waals surface area contributed by atoms with Gasteiger partial charge in [0.05, 0.1) is 16.7 Å². The Morgan fingerprint density at radius 3 is 2.52 bits per heavy atom. The lowest BCUT2D eigenvalue weighted by Gasteiger charge is -2.11. The first-order valence-corrected chi connectivity index (χ1v) is 10.3. The van der Waals surface area contributed by atoms with E-state index in [2.05, 4.69) is 15.5 Å². The Kier molecular flexibility index (Phi) is 5.53. The maximum absolute atomic E-state index is 12.2. The molecule has 1 aliphatic carbocycles. The van der Waals surface area contributed by atoms with E-state index in [0.717, 1.165) is 42.5 Å². The summed E-state index contributed by atoms with van der Waals surface area (Å²) in [5.41, 5.74) is 2.93. The monoisotopic (exact) mass is 361 g/mol. The molecule has 1 fully saturated rings. The summed E-state index contributed by atoms with van der Waals surface area (Å²) < 4.78 is 24.3. The third-order valence-corrected chi connectivity index (χ3v) is 6.94. The van der Waals surface area contributed by atoms with Crippen molar-refractivity contribution in [2.75, 3.05) is 5.75 Å². The standard InChI is InChI=1S/C18H23N3O3S/c22-18(10-12-25(23,24)16-3-1-2-4-16)19-13-14-5-7-15(8-6-14)17-9-11-20-21-17/h5-9,11,16H,1-4,10,12-13H2,(H,19,22)(H,20,21). The van der Waals surface area contributed by atoms with Gasteiger partial charge in [-0.3, -0.25) is 9.89 Å². The number of aromatic amines is 1. The molecular formula is C18H23N3O3S. The summed E-state index contributed by atoms with van der Waals surface area (Å²) in [6, 6.07) is 9.68. The summed E-state index contributed by atoms with van der Waals surface area (Å²) in [6.45, 7) is 0.394. The number of carbonyl (C=O) groups excluding carboxylic acids is 1. The van der Waals surface area contributed by atoms with Crippen LogP contribution in [0.15, 0.2) is 36.5 Å². The van der Waals surface area contributed by atoms with Crippen molar-refractivity contribution in [3.63, 3.8) is 0 Å². The van der Waals surface area contributed by atoms with E-state index in [1.165, 1.54) is 0 Å². The van der Waals surface area contributed by atoms with Gasteiger partial charge in [-0.1, -0.05) is 37.1 Å². The lowest BCUT2D eigenvalue weighted by Crippen LogP contribution is -2.28. The first-order chi connectivity index (χ1) is 12.0. The summed E-state index contributed by atoms with van der Waals surface area (Å²) in [6.07, 6.45) is 5.17. The van der Waals surface area contributed by atoms with Crippen LogP contribution in [-0.4, -0.2) is 35.5 Å². The summed E-state index contributed by atoms with van der Waals surface area (Å²) in [7, 11) is -3.14. The maximum atomic E-state index is 12.2. The Labute approximate surface area is 148 Å². The number of sulfone groups is 1. The van der Waals surface area contributed by atoms with Crippen molar-refractivity contribution in [1.82, 2.24) is 15.5 Å². The van der Waals surface area contributed by atoms with Crippen LogP contribution in [0.1, 0.15) is 37.7 Å². The van der Waals surface area contributed by atoms with E-state index in [1.54, 1.807) is 6.20 Å². The predicted molar refractivity (Wildman–Crippen MR) is 96.5 cm³/mol. The minimum absolute atomic E-state index is 0.0328. The number of hydrogen-bond acceptors (Lipinski definition) is 4. The predicted octanol–water partition coefficient (Wildman–Crippen LogP) is 2.44. The van der Waals surface area contributed by atoms with Crippen molar-refractivity contribution in [3.05, 3.63) is 42.1 Å². The second-order valence-electron chi connectivity index (χ2n) is 6.47. The molecule has 2 N–H and O–H groups in total. The third kappa shape index (κ3) is 4.69. The van der Waals surface area contributed by atoms with Crippen molar-refractivity contribution in [2.45, 2.75) is 43.9 Å². The molecule has 0 unspecified atom stereocenters. The van der Waals surface area contributed by atoms with E-state index in [1.807, 2.05) is 30.3 Å². The second-order valence-corrected chi connectivity index (χ2v) is 8.87. The molecule has 1 heterocycles. The van der Waals surface area contributed by atoms with Crippen LogP contribution >= 0.6 is 0 Å². The van der Waals surface area contributed by atoms with E-state index in [0.29, 0.717) is 6.54 Å². The van der Waals surface area contributed by atoms with Crippen LogP contribution in [0.2, 0.25) is 0 Å². The average molecular weight is 361 g/mol. The molecule has 1 aromatic heterocycles. The zero-order valence-electron chi connectivity index (χ0n) is 14.1. The largest absolute Gasteiger partial charge is 0.352 e. The van der Waals surface area contributed by atoms with Crippen LogP contribution in [0.5, 0.6) is 0 Å². The smallest absolute Gasteiger partial charge is 0.221 e. The van der Waals surface area contributed by atoms with Crippen molar-refractivity contribution in [1.29, 1.82) is 0 Å². The number of hydrogen-bond donors (Lipinski definition) is 2. The van der Waals surface area contributed by atoms with E-state index in [4.69, 9.17) is 0 Å². The number of amides is 1. The highest BCUT2D eigenvalue weighted by Crippen LogP contribution is 2.25. The second kappa shape index (κ2) is 7.82. The lowest BCUT2D eigenvalue weighted by molar-refractivity contribution is -0.120. The Morgan fingerprint density at radius 1 is 1.16 bits per heavy atom. The average Bonchev–Trinajstić information content (AvgIpc) is 3.32. The van der Waals surface area contributed by atoms with Crippen LogP contribution in [-0.2, 0) is 21.2 Å². The number of H-pyrrole nitrogens is 1. The van der Waals surface area contributed by atoms with Gasteiger partial charge >= 0.3 is 0 Å². The van der Waals surface area contributed by atoms with Crippen LogP contribution in [0.3, 0.4) is 0 Å². The molecule has 3 rings (SSSR count).